The molecule has 1 fully saturated rings. The highest BCUT2D eigenvalue weighted by Gasteiger charge is 2.20. The van der Waals surface area contributed by atoms with Gasteiger partial charge in [0.1, 0.15) is 4.21 Å². The molecular weight excluding hydrogens is 332 g/mol. The number of hydrogen-bond acceptors (Lipinski definition) is 4. The molecule has 1 N–H and O–H groups in total. The molecule has 23 heavy (non-hydrogen) atoms. The van der Waals surface area contributed by atoms with E-state index in [9.17, 15) is 13.2 Å². The van der Waals surface area contributed by atoms with Gasteiger partial charge in [-0.3, -0.25) is 9.52 Å². The van der Waals surface area contributed by atoms with Gasteiger partial charge in [-0.25, -0.2) is 8.42 Å². The van der Waals surface area contributed by atoms with E-state index in [0.29, 0.717) is 16.3 Å². The SMILES string of the molecule is Cc1ccc(S(=O)(=O)Nc2ccc(N3CCCCC3=O)cc2)s1. The molecule has 2 aromatic rings. The smallest absolute Gasteiger partial charge is 0.271 e. The van der Waals surface area contributed by atoms with Crippen molar-refractivity contribution in [3.05, 3.63) is 41.3 Å². The van der Waals surface area contributed by atoms with Gasteiger partial charge in [-0.05, 0) is 56.2 Å². The van der Waals surface area contributed by atoms with Gasteiger partial charge in [0, 0.05) is 29.2 Å². The standard InChI is InChI=1S/C16H18N2O3S2/c1-12-5-10-16(22-12)23(20,21)17-13-6-8-14(9-7-13)18-11-3-2-4-15(18)19/h5-10,17H,2-4,11H2,1H3. The molecule has 0 aliphatic carbocycles. The summed E-state index contributed by atoms with van der Waals surface area (Å²) in [5, 5.41) is 0. The second kappa shape index (κ2) is 6.33. The van der Waals surface area contributed by atoms with Crippen LogP contribution in [0.3, 0.4) is 0 Å². The predicted molar refractivity (Wildman–Crippen MR) is 92.5 cm³/mol. The summed E-state index contributed by atoms with van der Waals surface area (Å²) in [6.45, 7) is 2.59. The second-order valence-electron chi connectivity index (χ2n) is 5.52. The Labute approximate surface area is 140 Å². The minimum absolute atomic E-state index is 0.124. The number of aryl methyl sites for hydroxylation is 1. The molecule has 0 spiro atoms. The van der Waals surface area contributed by atoms with Crippen molar-refractivity contribution in [2.24, 2.45) is 0 Å². The van der Waals surface area contributed by atoms with Crippen LogP contribution in [0.1, 0.15) is 24.1 Å². The molecule has 2 heterocycles. The van der Waals surface area contributed by atoms with Crippen LogP contribution in [-0.4, -0.2) is 20.9 Å². The fourth-order valence-electron chi connectivity index (χ4n) is 2.55. The molecule has 1 saturated heterocycles. The highest BCUT2D eigenvalue weighted by atomic mass is 32.2. The third kappa shape index (κ3) is 3.56. The van der Waals surface area contributed by atoms with Crippen LogP contribution in [0, 0.1) is 6.92 Å². The van der Waals surface area contributed by atoms with E-state index >= 15 is 0 Å². The number of rotatable bonds is 4. The van der Waals surface area contributed by atoms with E-state index in [1.165, 1.54) is 11.3 Å². The Kier molecular flexibility index (Phi) is 4.41. The lowest BCUT2D eigenvalue weighted by molar-refractivity contribution is -0.119. The van der Waals surface area contributed by atoms with Crippen molar-refractivity contribution in [2.45, 2.75) is 30.4 Å². The first kappa shape index (κ1) is 16.0. The van der Waals surface area contributed by atoms with Crippen molar-refractivity contribution >= 4 is 38.6 Å². The Morgan fingerprint density at radius 1 is 1.09 bits per heavy atom. The molecule has 1 aromatic carbocycles. The molecule has 1 aliphatic heterocycles. The van der Waals surface area contributed by atoms with Crippen molar-refractivity contribution in [3.8, 4) is 0 Å². The maximum atomic E-state index is 12.3. The van der Waals surface area contributed by atoms with Gasteiger partial charge in [0.15, 0.2) is 0 Å². The fourth-order valence-corrected chi connectivity index (χ4v) is 4.89. The zero-order chi connectivity index (χ0) is 16.4. The first-order valence-corrected chi connectivity index (χ1v) is 9.75. The van der Waals surface area contributed by atoms with Crippen LogP contribution >= 0.6 is 11.3 Å². The van der Waals surface area contributed by atoms with Crippen molar-refractivity contribution in [3.63, 3.8) is 0 Å². The van der Waals surface area contributed by atoms with Gasteiger partial charge in [-0.2, -0.15) is 0 Å². The number of anilines is 2. The maximum absolute atomic E-state index is 12.3. The number of nitrogens with zero attached hydrogens (tertiary/aromatic N) is 1. The third-order valence-electron chi connectivity index (χ3n) is 3.74. The summed E-state index contributed by atoms with van der Waals surface area (Å²) >= 11 is 1.24. The van der Waals surface area contributed by atoms with Gasteiger partial charge in [0.05, 0.1) is 0 Å². The van der Waals surface area contributed by atoms with E-state index in [4.69, 9.17) is 0 Å². The van der Waals surface area contributed by atoms with Gasteiger partial charge in [-0.15, -0.1) is 11.3 Å². The number of piperidine rings is 1. The quantitative estimate of drug-likeness (QED) is 0.919. The minimum Gasteiger partial charge on any atom is -0.312 e. The monoisotopic (exact) mass is 350 g/mol. The second-order valence-corrected chi connectivity index (χ2v) is 8.72. The Balaban J connectivity index is 1.76. The number of nitrogens with one attached hydrogen (secondary N) is 1. The van der Waals surface area contributed by atoms with Crippen molar-refractivity contribution in [2.75, 3.05) is 16.2 Å². The number of amides is 1. The Morgan fingerprint density at radius 3 is 2.43 bits per heavy atom. The molecular formula is C16H18N2O3S2. The van der Waals surface area contributed by atoms with Crippen molar-refractivity contribution in [1.82, 2.24) is 0 Å². The number of thiophene rings is 1. The molecule has 0 saturated carbocycles. The summed E-state index contributed by atoms with van der Waals surface area (Å²) in [6.07, 6.45) is 2.51. The first-order chi connectivity index (χ1) is 11.0. The summed E-state index contributed by atoms with van der Waals surface area (Å²) in [6, 6.07) is 10.3. The van der Waals surface area contributed by atoms with Crippen LogP contribution in [-0.2, 0) is 14.8 Å². The maximum Gasteiger partial charge on any atom is 0.271 e. The number of carbonyl (C=O) groups excluding carboxylic acids is 1. The lowest BCUT2D eigenvalue weighted by Gasteiger charge is -2.26. The zero-order valence-electron chi connectivity index (χ0n) is 12.8. The van der Waals surface area contributed by atoms with E-state index in [1.54, 1.807) is 41.3 Å². The lowest BCUT2D eigenvalue weighted by atomic mass is 10.1. The average molecular weight is 350 g/mol. The van der Waals surface area contributed by atoms with E-state index in [-0.39, 0.29) is 5.91 Å². The summed E-state index contributed by atoms with van der Waals surface area (Å²) in [5.41, 5.74) is 1.30. The van der Waals surface area contributed by atoms with E-state index in [2.05, 4.69) is 4.72 Å². The van der Waals surface area contributed by atoms with Gasteiger partial charge in [0.2, 0.25) is 5.91 Å². The van der Waals surface area contributed by atoms with Crippen LogP contribution in [0.5, 0.6) is 0 Å². The van der Waals surface area contributed by atoms with E-state index in [1.807, 2.05) is 6.92 Å². The van der Waals surface area contributed by atoms with Crippen LogP contribution < -0.4 is 9.62 Å². The first-order valence-electron chi connectivity index (χ1n) is 7.45. The van der Waals surface area contributed by atoms with Gasteiger partial charge in [-0.1, -0.05) is 0 Å². The molecule has 0 atom stereocenters. The summed E-state index contributed by atoms with van der Waals surface area (Å²) in [4.78, 5) is 14.6. The van der Waals surface area contributed by atoms with Crippen molar-refractivity contribution < 1.29 is 13.2 Å². The molecule has 0 unspecified atom stereocenters. The van der Waals surface area contributed by atoms with Gasteiger partial charge >= 0.3 is 0 Å². The topological polar surface area (TPSA) is 66.5 Å². The van der Waals surface area contributed by atoms with Crippen LogP contribution in [0.2, 0.25) is 0 Å². The molecule has 1 amide bonds. The zero-order valence-corrected chi connectivity index (χ0v) is 14.4. The van der Waals surface area contributed by atoms with E-state index < -0.39 is 10.0 Å². The number of hydrogen-bond donors (Lipinski definition) is 1. The van der Waals surface area contributed by atoms with Gasteiger partial charge in [0.25, 0.3) is 10.0 Å². The highest BCUT2D eigenvalue weighted by Crippen LogP contribution is 2.26. The van der Waals surface area contributed by atoms with Crippen LogP contribution in [0.4, 0.5) is 11.4 Å². The largest absolute Gasteiger partial charge is 0.312 e. The van der Waals surface area contributed by atoms with Crippen LogP contribution in [0.25, 0.3) is 0 Å². The summed E-state index contributed by atoms with van der Waals surface area (Å²) in [5.74, 6) is 0.124. The average Bonchev–Trinajstić information content (AvgIpc) is 2.96. The molecule has 1 aliphatic rings. The lowest BCUT2D eigenvalue weighted by Crippen LogP contribution is -2.35. The normalized spacial score (nSPS) is 15.7. The Bertz CT molecular complexity index is 810. The molecule has 7 heteroatoms. The fraction of sp³-hybridized carbons (Fsp3) is 0.312. The number of carbonyl (C=O) groups is 1. The molecule has 3 rings (SSSR count). The molecule has 0 radical (unpaired) electrons. The predicted octanol–water partition coefficient (Wildman–Crippen LogP) is 3.37. The minimum atomic E-state index is -3.55. The summed E-state index contributed by atoms with van der Waals surface area (Å²) in [7, 11) is -3.55. The van der Waals surface area contributed by atoms with Crippen molar-refractivity contribution in [1.29, 1.82) is 0 Å². The third-order valence-corrected chi connectivity index (χ3v) is 6.61. The molecule has 1 aromatic heterocycles. The van der Waals surface area contributed by atoms with Gasteiger partial charge < -0.3 is 4.90 Å². The number of sulfonamides is 1. The van der Waals surface area contributed by atoms with E-state index in [0.717, 1.165) is 30.0 Å². The number of benzene rings is 1. The van der Waals surface area contributed by atoms with Crippen LogP contribution in [0.15, 0.2) is 40.6 Å². The summed E-state index contributed by atoms with van der Waals surface area (Å²) < 4.78 is 27.4. The highest BCUT2D eigenvalue weighted by molar-refractivity contribution is 7.94. The molecule has 0 bridgehead atoms. The Morgan fingerprint density at radius 2 is 1.83 bits per heavy atom. The molecule has 122 valence electrons. The Hall–Kier alpha value is -1.86. The molecule has 5 nitrogen and oxygen atoms in total.